The summed E-state index contributed by atoms with van der Waals surface area (Å²) in [7, 11) is 1.82. The largest absolute Gasteiger partial charge is 0.335 e. The van der Waals surface area contributed by atoms with Crippen LogP contribution in [-0.2, 0) is 7.05 Å². The molecule has 20 heavy (non-hydrogen) atoms. The quantitative estimate of drug-likeness (QED) is 0.837. The van der Waals surface area contributed by atoms with Crippen molar-refractivity contribution in [1.82, 2.24) is 19.6 Å². The van der Waals surface area contributed by atoms with Gasteiger partial charge in [0.1, 0.15) is 5.69 Å². The maximum absolute atomic E-state index is 12.4. The summed E-state index contributed by atoms with van der Waals surface area (Å²) >= 11 is 0. The molecule has 5 heteroatoms. The Morgan fingerprint density at radius 1 is 1.25 bits per heavy atom. The van der Waals surface area contributed by atoms with E-state index in [0.717, 1.165) is 32.1 Å². The molecule has 0 spiro atoms. The van der Waals surface area contributed by atoms with Crippen LogP contribution in [-0.4, -0.2) is 58.2 Å². The van der Waals surface area contributed by atoms with E-state index in [1.54, 1.807) is 16.9 Å². The lowest BCUT2D eigenvalue weighted by Gasteiger charge is -2.35. The maximum atomic E-state index is 12.4. The zero-order chi connectivity index (χ0) is 13.9. The molecule has 110 valence electrons. The van der Waals surface area contributed by atoms with Crippen molar-refractivity contribution in [3.05, 3.63) is 18.0 Å². The fourth-order valence-electron chi connectivity index (χ4n) is 3.44. The predicted octanol–water partition coefficient (Wildman–Crippen LogP) is 1.37. The van der Waals surface area contributed by atoms with E-state index in [1.807, 2.05) is 11.9 Å². The van der Waals surface area contributed by atoms with Crippen LogP contribution in [0.4, 0.5) is 0 Å². The highest BCUT2D eigenvalue weighted by Crippen LogP contribution is 2.25. The van der Waals surface area contributed by atoms with Gasteiger partial charge in [0, 0.05) is 46.0 Å². The van der Waals surface area contributed by atoms with Gasteiger partial charge in [-0.3, -0.25) is 14.4 Å². The highest BCUT2D eigenvalue weighted by molar-refractivity contribution is 5.92. The van der Waals surface area contributed by atoms with Crippen molar-refractivity contribution in [2.45, 2.75) is 25.7 Å². The van der Waals surface area contributed by atoms with Gasteiger partial charge < -0.3 is 4.90 Å². The van der Waals surface area contributed by atoms with Crippen molar-refractivity contribution in [2.24, 2.45) is 13.0 Å². The van der Waals surface area contributed by atoms with Crippen LogP contribution < -0.4 is 0 Å². The zero-order valence-corrected chi connectivity index (χ0v) is 12.3. The molecule has 2 heterocycles. The molecule has 3 rings (SSSR count). The molecule has 0 atom stereocenters. The van der Waals surface area contributed by atoms with E-state index in [2.05, 4.69) is 10.00 Å². The van der Waals surface area contributed by atoms with Crippen molar-refractivity contribution >= 4 is 5.91 Å². The molecule has 1 aliphatic heterocycles. The van der Waals surface area contributed by atoms with Crippen LogP contribution in [0.15, 0.2) is 12.3 Å². The van der Waals surface area contributed by atoms with Crippen LogP contribution in [0.2, 0.25) is 0 Å². The minimum absolute atomic E-state index is 0.116. The Labute approximate surface area is 120 Å². The second-order valence-corrected chi connectivity index (χ2v) is 6.08. The van der Waals surface area contributed by atoms with Gasteiger partial charge in [0.05, 0.1) is 0 Å². The lowest BCUT2D eigenvalue weighted by molar-refractivity contribution is 0.0607. The minimum atomic E-state index is 0.116. The van der Waals surface area contributed by atoms with Crippen LogP contribution in [0.25, 0.3) is 0 Å². The van der Waals surface area contributed by atoms with Crippen molar-refractivity contribution in [2.75, 3.05) is 32.7 Å². The van der Waals surface area contributed by atoms with E-state index in [9.17, 15) is 4.79 Å². The highest BCUT2D eigenvalue weighted by Gasteiger charge is 2.25. The highest BCUT2D eigenvalue weighted by atomic mass is 16.2. The summed E-state index contributed by atoms with van der Waals surface area (Å²) in [4.78, 5) is 16.9. The molecule has 2 aliphatic rings. The molecule has 1 aromatic rings. The molecule has 1 saturated heterocycles. The fraction of sp³-hybridized carbons (Fsp3) is 0.733. The number of piperazine rings is 1. The SMILES string of the molecule is Cn1nccc1C(=O)N1CCN(CC2CCCC2)CC1. The summed E-state index contributed by atoms with van der Waals surface area (Å²) in [6.45, 7) is 4.95. The Kier molecular flexibility index (Phi) is 4.05. The van der Waals surface area contributed by atoms with Crippen molar-refractivity contribution in [1.29, 1.82) is 0 Å². The molecule has 0 radical (unpaired) electrons. The summed E-state index contributed by atoms with van der Waals surface area (Å²) in [5.74, 6) is 1.01. The number of carbonyl (C=O) groups excluding carboxylic acids is 1. The third-order valence-electron chi connectivity index (χ3n) is 4.69. The van der Waals surface area contributed by atoms with Gasteiger partial charge in [-0.25, -0.2) is 0 Å². The fourth-order valence-corrected chi connectivity index (χ4v) is 3.44. The third kappa shape index (κ3) is 2.87. The maximum Gasteiger partial charge on any atom is 0.272 e. The van der Waals surface area contributed by atoms with Gasteiger partial charge in [0.25, 0.3) is 5.91 Å². The van der Waals surface area contributed by atoms with Crippen LogP contribution in [0.3, 0.4) is 0 Å². The minimum Gasteiger partial charge on any atom is -0.335 e. The standard InChI is InChI=1S/C15H24N4O/c1-17-14(6-7-16-17)15(20)19-10-8-18(9-11-19)12-13-4-2-3-5-13/h6-7,13H,2-5,8-12H2,1H3. The van der Waals surface area contributed by atoms with E-state index in [1.165, 1.54) is 32.2 Å². The van der Waals surface area contributed by atoms with E-state index in [4.69, 9.17) is 0 Å². The second-order valence-electron chi connectivity index (χ2n) is 6.08. The Balaban J connectivity index is 1.50. The van der Waals surface area contributed by atoms with Gasteiger partial charge in [0.2, 0.25) is 0 Å². The van der Waals surface area contributed by atoms with Crippen LogP contribution in [0.5, 0.6) is 0 Å². The summed E-state index contributed by atoms with van der Waals surface area (Å²) in [6, 6.07) is 1.80. The van der Waals surface area contributed by atoms with Gasteiger partial charge in [0.15, 0.2) is 0 Å². The number of carbonyl (C=O) groups is 1. The number of aromatic nitrogens is 2. The molecule has 1 aliphatic carbocycles. The number of rotatable bonds is 3. The average molecular weight is 276 g/mol. The number of hydrogen-bond acceptors (Lipinski definition) is 3. The molecular weight excluding hydrogens is 252 g/mol. The van der Waals surface area contributed by atoms with E-state index in [0.29, 0.717) is 5.69 Å². The molecule has 2 fully saturated rings. The Morgan fingerprint density at radius 3 is 2.55 bits per heavy atom. The zero-order valence-electron chi connectivity index (χ0n) is 12.3. The number of nitrogens with zero attached hydrogens (tertiary/aromatic N) is 4. The predicted molar refractivity (Wildman–Crippen MR) is 77.5 cm³/mol. The Morgan fingerprint density at radius 2 is 1.95 bits per heavy atom. The topological polar surface area (TPSA) is 41.4 Å². The molecule has 5 nitrogen and oxygen atoms in total. The van der Waals surface area contributed by atoms with Crippen molar-refractivity contribution < 1.29 is 4.79 Å². The van der Waals surface area contributed by atoms with Crippen molar-refractivity contribution in [3.8, 4) is 0 Å². The van der Waals surface area contributed by atoms with Gasteiger partial charge >= 0.3 is 0 Å². The molecule has 1 aromatic heterocycles. The van der Waals surface area contributed by atoms with Crippen LogP contribution in [0, 0.1) is 5.92 Å². The molecule has 1 saturated carbocycles. The Hall–Kier alpha value is -1.36. The average Bonchev–Trinajstić information content (AvgIpc) is 3.10. The summed E-state index contributed by atoms with van der Waals surface area (Å²) in [6.07, 6.45) is 7.29. The van der Waals surface area contributed by atoms with Gasteiger partial charge in [-0.2, -0.15) is 5.10 Å². The normalized spacial score (nSPS) is 21.6. The lowest BCUT2D eigenvalue weighted by Crippen LogP contribution is -2.49. The third-order valence-corrected chi connectivity index (χ3v) is 4.69. The first-order valence-electron chi connectivity index (χ1n) is 7.73. The summed E-state index contributed by atoms with van der Waals surface area (Å²) in [5.41, 5.74) is 0.689. The van der Waals surface area contributed by atoms with Gasteiger partial charge in [-0.1, -0.05) is 12.8 Å². The Bertz CT molecular complexity index is 456. The lowest BCUT2D eigenvalue weighted by atomic mass is 10.1. The number of hydrogen-bond donors (Lipinski definition) is 0. The number of aryl methyl sites for hydroxylation is 1. The van der Waals surface area contributed by atoms with Gasteiger partial charge in [-0.15, -0.1) is 0 Å². The molecule has 0 N–H and O–H groups in total. The molecule has 0 aromatic carbocycles. The van der Waals surface area contributed by atoms with E-state index < -0.39 is 0 Å². The van der Waals surface area contributed by atoms with E-state index in [-0.39, 0.29) is 5.91 Å². The van der Waals surface area contributed by atoms with Gasteiger partial charge in [-0.05, 0) is 24.8 Å². The first kappa shape index (κ1) is 13.6. The molecule has 0 bridgehead atoms. The molecule has 1 amide bonds. The summed E-state index contributed by atoms with van der Waals surface area (Å²) < 4.78 is 1.66. The monoisotopic (exact) mass is 276 g/mol. The molecule has 0 unspecified atom stereocenters. The van der Waals surface area contributed by atoms with Crippen LogP contribution >= 0.6 is 0 Å². The van der Waals surface area contributed by atoms with Crippen molar-refractivity contribution in [3.63, 3.8) is 0 Å². The first-order valence-corrected chi connectivity index (χ1v) is 7.73. The molecular formula is C15H24N4O. The van der Waals surface area contributed by atoms with E-state index >= 15 is 0 Å². The van der Waals surface area contributed by atoms with Crippen LogP contribution in [0.1, 0.15) is 36.2 Å². The smallest absolute Gasteiger partial charge is 0.272 e. The first-order chi connectivity index (χ1) is 9.74. The number of amides is 1. The second kappa shape index (κ2) is 5.95. The summed E-state index contributed by atoms with van der Waals surface area (Å²) in [5, 5.41) is 4.07.